The second-order valence-corrected chi connectivity index (χ2v) is 6.77. The van der Waals surface area contributed by atoms with Gasteiger partial charge >= 0.3 is 5.97 Å². The molecular formula is C17H13Cl4NO4. The Balaban J connectivity index is 1.85. The predicted molar refractivity (Wildman–Crippen MR) is 103 cm³/mol. The average molecular weight is 437 g/mol. The smallest absolute Gasteiger partial charge is 0.347 e. The topological polar surface area (TPSA) is 64.6 Å². The molecule has 0 spiro atoms. The van der Waals surface area contributed by atoms with E-state index in [-0.39, 0.29) is 20.8 Å². The van der Waals surface area contributed by atoms with E-state index in [2.05, 4.69) is 5.32 Å². The first kappa shape index (κ1) is 20.6. The van der Waals surface area contributed by atoms with Crippen LogP contribution in [0.25, 0.3) is 0 Å². The first-order chi connectivity index (χ1) is 12.3. The van der Waals surface area contributed by atoms with Crippen molar-refractivity contribution in [3.63, 3.8) is 0 Å². The van der Waals surface area contributed by atoms with Crippen molar-refractivity contribution in [2.24, 2.45) is 0 Å². The lowest BCUT2D eigenvalue weighted by Gasteiger charge is -2.14. The lowest BCUT2D eigenvalue weighted by atomic mass is 10.3. The highest BCUT2D eigenvalue weighted by Gasteiger charge is 2.18. The van der Waals surface area contributed by atoms with Crippen LogP contribution in [-0.4, -0.2) is 24.6 Å². The molecule has 2 aromatic rings. The zero-order valence-corrected chi connectivity index (χ0v) is 16.4. The summed E-state index contributed by atoms with van der Waals surface area (Å²) in [7, 11) is 0. The van der Waals surface area contributed by atoms with Gasteiger partial charge in [-0.15, -0.1) is 0 Å². The summed E-state index contributed by atoms with van der Waals surface area (Å²) >= 11 is 23.4. The summed E-state index contributed by atoms with van der Waals surface area (Å²) in [5, 5.41) is 3.72. The third-order valence-electron chi connectivity index (χ3n) is 3.09. The number of esters is 1. The van der Waals surface area contributed by atoms with Gasteiger partial charge in [0.05, 0.1) is 20.8 Å². The summed E-state index contributed by atoms with van der Waals surface area (Å²) in [6, 6.07) is 9.29. The molecule has 26 heavy (non-hydrogen) atoms. The van der Waals surface area contributed by atoms with Gasteiger partial charge in [-0.1, -0.05) is 46.4 Å². The van der Waals surface area contributed by atoms with Gasteiger partial charge in [0.2, 0.25) is 0 Å². The van der Waals surface area contributed by atoms with E-state index in [1.807, 2.05) is 0 Å². The molecule has 0 saturated carbocycles. The van der Waals surface area contributed by atoms with Gasteiger partial charge in [-0.05, 0) is 43.3 Å². The van der Waals surface area contributed by atoms with Crippen LogP contribution in [0.4, 0.5) is 5.69 Å². The van der Waals surface area contributed by atoms with Crippen LogP contribution in [0.15, 0.2) is 36.4 Å². The average Bonchev–Trinajstić information content (AvgIpc) is 2.59. The second kappa shape index (κ2) is 9.33. The number of halogens is 4. The van der Waals surface area contributed by atoms with Crippen LogP contribution in [0.2, 0.25) is 20.1 Å². The number of carbonyl (C=O) groups excluding carboxylic acids is 2. The molecular weight excluding hydrogens is 424 g/mol. The molecule has 1 N–H and O–H groups in total. The Hall–Kier alpha value is -1.66. The van der Waals surface area contributed by atoms with E-state index < -0.39 is 24.6 Å². The van der Waals surface area contributed by atoms with Crippen LogP contribution < -0.4 is 10.1 Å². The second-order valence-electron chi connectivity index (χ2n) is 5.12. The first-order valence-corrected chi connectivity index (χ1v) is 8.80. The number of ether oxygens (including phenoxy) is 2. The number of hydrogen-bond donors (Lipinski definition) is 1. The number of carbonyl (C=O) groups is 2. The van der Waals surface area contributed by atoms with Crippen molar-refractivity contribution < 1.29 is 19.1 Å². The van der Waals surface area contributed by atoms with Gasteiger partial charge in [0.1, 0.15) is 5.75 Å². The van der Waals surface area contributed by atoms with E-state index in [4.69, 9.17) is 55.9 Å². The minimum absolute atomic E-state index is 0.207. The molecule has 0 fully saturated rings. The number of hydrogen-bond acceptors (Lipinski definition) is 4. The highest BCUT2D eigenvalue weighted by atomic mass is 35.5. The Labute approximate surface area is 170 Å². The van der Waals surface area contributed by atoms with Crippen molar-refractivity contribution in [3.05, 3.63) is 56.5 Å². The maximum Gasteiger partial charge on any atom is 0.347 e. The fourth-order valence-electron chi connectivity index (χ4n) is 1.82. The molecule has 9 heteroatoms. The van der Waals surface area contributed by atoms with Crippen LogP contribution in [0.3, 0.4) is 0 Å². The number of anilines is 1. The van der Waals surface area contributed by atoms with E-state index >= 15 is 0 Å². The first-order valence-electron chi connectivity index (χ1n) is 7.29. The van der Waals surface area contributed by atoms with E-state index in [1.54, 1.807) is 24.3 Å². The molecule has 1 atom stereocenters. The van der Waals surface area contributed by atoms with Gasteiger partial charge < -0.3 is 14.8 Å². The van der Waals surface area contributed by atoms with E-state index in [0.717, 1.165) is 0 Å². The molecule has 0 aliphatic rings. The monoisotopic (exact) mass is 435 g/mol. The van der Waals surface area contributed by atoms with Gasteiger partial charge in [0, 0.05) is 5.02 Å². The Bertz CT molecular complexity index is 811. The van der Waals surface area contributed by atoms with Gasteiger partial charge in [-0.3, -0.25) is 4.79 Å². The fourth-order valence-corrected chi connectivity index (χ4v) is 2.54. The fraction of sp³-hybridized carbons (Fsp3) is 0.176. The minimum atomic E-state index is -0.905. The molecule has 0 saturated heterocycles. The van der Waals surface area contributed by atoms with Crippen molar-refractivity contribution in [3.8, 4) is 5.75 Å². The summed E-state index contributed by atoms with van der Waals surface area (Å²) in [6.45, 7) is 0.994. The van der Waals surface area contributed by atoms with Crippen molar-refractivity contribution in [1.29, 1.82) is 0 Å². The summed E-state index contributed by atoms with van der Waals surface area (Å²) in [5.74, 6) is -0.835. The molecule has 0 bridgehead atoms. The van der Waals surface area contributed by atoms with Gasteiger partial charge in [0.15, 0.2) is 12.7 Å². The molecule has 2 rings (SSSR count). The summed E-state index contributed by atoms with van der Waals surface area (Å²) in [6.07, 6.45) is -0.905. The SMILES string of the molecule is CC(Oc1ccc(Cl)cc1)C(=O)OCC(=O)Nc1cc(Cl)c(Cl)cc1Cl. The standard InChI is InChI=1S/C17H13Cl4NO4/c1-9(26-11-4-2-10(18)3-5-11)17(24)25-8-16(23)22-15-7-13(20)12(19)6-14(15)21/h2-7,9H,8H2,1H3,(H,22,23). The van der Waals surface area contributed by atoms with Crippen LogP contribution in [0, 0.1) is 0 Å². The number of amides is 1. The lowest BCUT2D eigenvalue weighted by Crippen LogP contribution is -2.29. The molecule has 0 aliphatic carbocycles. The predicted octanol–water partition coefficient (Wildman–Crippen LogP) is 5.25. The normalized spacial score (nSPS) is 11.6. The Morgan fingerprint density at radius 2 is 1.62 bits per heavy atom. The van der Waals surface area contributed by atoms with Crippen LogP contribution in [0.5, 0.6) is 5.75 Å². The third kappa shape index (κ3) is 5.95. The molecule has 0 aliphatic heterocycles. The van der Waals surface area contributed by atoms with Gasteiger partial charge in [0.25, 0.3) is 5.91 Å². The van der Waals surface area contributed by atoms with Crippen molar-refractivity contribution in [2.75, 3.05) is 11.9 Å². The van der Waals surface area contributed by atoms with Crippen molar-refractivity contribution in [2.45, 2.75) is 13.0 Å². The largest absolute Gasteiger partial charge is 0.479 e. The van der Waals surface area contributed by atoms with Gasteiger partial charge in [-0.2, -0.15) is 0 Å². The summed E-state index contributed by atoms with van der Waals surface area (Å²) in [5.41, 5.74) is 0.257. The molecule has 138 valence electrons. The highest BCUT2D eigenvalue weighted by Crippen LogP contribution is 2.32. The highest BCUT2D eigenvalue weighted by molar-refractivity contribution is 6.44. The van der Waals surface area contributed by atoms with E-state index in [9.17, 15) is 9.59 Å². The number of benzene rings is 2. The number of nitrogens with one attached hydrogen (secondary N) is 1. The molecule has 0 radical (unpaired) electrons. The summed E-state index contributed by atoms with van der Waals surface area (Å²) < 4.78 is 10.3. The van der Waals surface area contributed by atoms with E-state index in [0.29, 0.717) is 10.8 Å². The molecule has 0 aromatic heterocycles. The van der Waals surface area contributed by atoms with Crippen LogP contribution >= 0.6 is 46.4 Å². The molecule has 2 aromatic carbocycles. The van der Waals surface area contributed by atoms with Crippen LogP contribution in [-0.2, 0) is 14.3 Å². The molecule has 1 unspecified atom stereocenters. The molecule has 5 nitrogen and oxygen atoms in total. The van der Waals surface area contributed by atoms with Gasteiger partial charge in [-0.25, -0.2) is 4.79 Å². The minimum Gasteiger partial charge on any atom is -0.479 e. The number of rotatable bonds is 6. The Morgan fingerprint density at radius 1 is 1.00 bits per heavy atom. The van der Waals surface area contributed by atoms with Crippen molar-refractivity contribution in [1.82, 2.24) is 0 Å². The van der Waals surface area contributed by atoms with Crippen LogP contribution in [0.1, 0.15) is 6.92 Å². The van der Waals surface area contributed by atoms with E-state index in [1.165, 1.54) is 19.1 Å². The quantitative estimate of drug-likeness (QED) is 0.496. The Kier molecular flexibility index (Phi) is 7.41. The van der Waals surface area contributed by atoms with Crippen molar-refractivity contribution >= 4 is 64.0 Å². The lowest BCUT2D eigenvalue weighted by molar-refractivity contribution is -0.153. The zero-order valence-electron chi connectivity index (χ0n) is 13.4. The molecule has 1 amide bonds. The summed E-state index contributed by atoms with van der Waals surface area (Å²) in [4.78, 5) is 23.8. The molecule has 0 heterocycles. The third-order valence-corrected chi connectivity index (χ3v) is 4.37. The maximum absolute atomic E-state index is 11.9. The Morgan fingerprint density at radius 3 is 2.27 bits per heavy atom. The zero-order chi connectivity index (χ0) is 19.3. The maximum atomic E-state index is 11.9.